The maximum Gasteiger partial charge on any atom is 0.360 e. The minimum absolute atomic E-state index is 0.0742. The molecule has 2 aliphatic carbocycles. The van der Waals surface area contributed by atoms with Gasteiger partial charge in [-0.05, 0) is 97.3 Å². The molecule has 0 aromatic heterocycles. The van der Waals surface area contributed by atoms with Crippen LogP contribution in [0, 0.1) is 11.8 Å². The summed E-state index contributed by atoms with van der Waals surface area (Å²) in [6.45, 7) is 6.11. The summed E-state index contributed by atoms with van der Waals surface area (Å²) in [6, 6.07) is 15.8. The van der Waals surface area contributed by atoms with Gasteiger partial charge in [0.15, 0.2) is 0 Å². The highest BCUT2D eigenvalue weighted by Crippen LogP contribution is 2.38. The van der Waals surface area contributed by atoms with Gasteiger partial charge < -0.3 is 4.74 Å². The summed E-state index contributed by atoms with van der Waals surface area (Å²) >= 11 is 0. The van der Waals surface area contributed by atoms with Gasteiger partial charge in [-0.15, -0.1) is 6.58 Å². The van der Waals surface area contributed by atoms with Crippen LogP contribution in [0.25, 0.3) is 0 Å². The van der Waals surface area contributed by atoms with E-state index in [0.29, 0.717) is 23.3 Å². The third-order valence-electron chi connectivity index (χ3n) is 8.29. The maximum atomic E-state index is 14.5. The molecule has 1 nitrogen and oxygen atoms in total. The van der Waals surface area contributed by atoms with Crippen molar-refractivity contribution in [3.8, 4) is 0 Å². The average Bonchev–Trinajstić information content (AvgIpc) is 2.88. The van der Waals surface area contributed by atoms with Gasteiger partial charge in [0.1, 0.15) is 0 Å². The lowest BCUT2D eigenvalue weighted by Gasteiger charge is -2.28. The molecular weight excluding hydrogens is 426 g/mol. The van der Waals surface area contributed by atoms with E-state index in [-0.39, 0.29) is 13.0 Å². The molecule has 0 unspecified atom stereocenters. The predicted molar refractivity (Wildman–Crippen MR) is 136 cm³/mol. The summed E-state index contributed by atoms with van der Waals surface area (Å²) in [5.41, 5.74) is 4.02. The molecule has 2 aromatic rings. The van der Waals surface area contributed by atoms with Crippen LogP contribution in [0.1, 0.15) is 98.8 Å². The molecule has 0 N–H and O–H groups in total. The van der Waals surface area contributed by atoms with E-state index < -0.39 is 6.11 Å². The quantitative estimate of drug-likeness (QED) is 0.335. The third kappa shape index (κ3) is 6.78. The van der Waals surface area contributed by atoms with Crippen LogP contribution >= 0.6 is 0 Å². The summed E-state index contributed by atoms with van der Waals surface area (Å²) in [5.74, 6) is 2.65. The van der Waals surface area contributed by atoms with E-state index in [1.165, 1.54) is 68.9 Å². The Balaban J connectivity index is 1.25. The lowest BCUT2D eigenvalue weighted by Crippen LogP contribution is -2.23. The van der Waals surface area contributed by atoms with Crippen LogP contribution in [-0.4, -0.2) is 6.11 Å². The fourth-order valence-electron chi connectivity index (χ4n) is 5.86. The SMILES string of the molecule is C=CC1CCC(c2ccc(COC(F)(F)Cc3ccc(C4CCC(CC)CC4)cc3)cc2)CC1. The van der Waals surface area contributed by atoms with E-state index in [4.69, 9.17) is 4.74 Å². The number of ether oxygens (including phenoxy) is 1. The van der Waals surface area contributed by atoms with Gasteiger partial charge in [0, 0.05) is 0 Å². The molecule has 2 aliphatic rings. The Bertz CT molecular complexity index is 886. The first-order valence-corrected chi connectivity index (χ1v) is 13.3. The van der Waals surface area contributed by atoms with E-state index in [2.05, 4.69) is 31.7 Å². The van der Waals surface area contributed by atoms with Crippen molar-refractivity contribution in [2.75, 3.05) is 0 Å². The van der Waals surface area contributed by atoms with Crippen LogP contribution in [0.5, 0.6) is 0 Å². The lowest BCUT2D eigenvalue weighted by molar-refractivity contribution is -0.244. The van der Waals surface area contributed by atoms with Crippen LogP contribution in [0.15, 0.2) is 61.2 Å². The van der Waals surface area contributed by atoms with Crippen molar-refractivity contribution in [3.05, 3.63) is 83.4 Å². The predicted octanol–water partition coefficient (Wildman–Crippen LogP) is 9.18. The largest absolute Gasteiger partial charge is 0.360 e. The third-order valence-corrected chi connectivity index (χ3v) is 8.29. The van der Waals surface area contributed by atoms with Gasteiger partial charge in [-0.1, -0.05) is 68.0 Å². The molecule has 0 heterocycles. The summed E-state index contributed by atoms with van der Waals surface area (Å²) in [4.78, 5) is 0. The van der Waals surface area contributed by atoms with E-state index in [1.54, 1.807) is 0 Å². The van der Waals surface area contributed by atoms with Crippen LogP contribution < -0.4 is 0 Å². The highest BCUT2D eigenvalue weighted by molar-refractivity contribution is 5.27. The number of rotatable bonds is 9. The van der Waals surface area contributed by atoms with Crippen molar-refractivity contribution in [2.45, 2.75) is 95.7 Å². The summed E-state index contributed by atoms with van der Waals surface area (Å²) in [5, 5.41) is 0. The second kappa shape index (κ2) is 11.6. The first-order valence-electron chi connectivity index (χ1n) is 13.3. The number of alkyl halides is 2. The zero-order chi connectivity index (χ0) is 24.0. The fourth-order valence-corrected chi connectivity index (χ4v) is 5.86. The number of halogens is 2. The van der Waals surface area contributed by atoms with E-state index in [1.807, 2.05) is 36.4 Å². The highest BCUT2D eigenvalue weighted by Gasteiger charge is 2.31. The minimum atomic E-state index is -3.18. The maximum absolute atomic E-state index is 14.5. The Kier molecular flexibility index (Phi) is 8.58. The Morgan fingerprint density at radius 1 is 0.794 bits per heavy atom. The standard InChI is InChI=1S/C31H40F2O/c1-3-23-5-13-27(14-6-23)29-17-9-25(10-18-29)21-31(32,33)34-22-26-11-19-30(20-12-26)28-15-7-24(4-2)8-16-28/h4,9-12,17-20,23-24,27-28H,2-3,5-8,13-16,21-22H2,1H3. The van der Waals surface area contributed by atoms with Crippen LogP contribution in [0.3, 0.4) is 0 Å². The van der Waals surface area contributed by atoms with Crippen molar-refractivity contribution in [1.82, 2.24) is 0 Å². The van der Waals surface area contributed by atoms with Gasteiger partial charge in [0.05, 0.1) is 13.0 Å². The van der Waals surface area contributed by atoms with Crippen LogP contribution in [0.4, 0.5) is 8.78 Å². The van der Waals surface area contributed by atoms with E-state index in [0.717, 1.165) is 11.5 Å². The first-order chi connectivity index (χ1) is 16.5. The average molecular weight is 467 g/mol. The van der Waals surface area contributed by atoms with Gasteiger partial charge in [-0.3, -0.25) is 0 Å². The number of benzene rings is 2. The highest BCUT2D eigenvalue weighted by atomic mass is 19.3. The molecule has 0 atom stereocenters. The fraction of sp³-hybridized carbons (Fsp3) is 0.548. The van der Waals surface area contributed by atoms with E-state index in [9.17, 15) is 8.78 Å². The molecule has 2 fully saturated rings. The van der Waals surface area contributed by atoms with Crippen molar-refractivity contribution in [1.29, 1.82) is 0 Å². The normalized spacial score (nSPS) is 25.7. The molecule has 0 radical (unpaired) electrons. The molecule has 2 saturated carbocycles. The molecule has 0 amide bonds. The summed E-state index contributed by atoms with van der Waals surface area (Å²) < 4.78 is 34.1. The van der Waals surface area contributed by atoms with Crippen molar-refractivity contribution < 1.29 is 13.5 Å². The number of allylic oxidation sites excluding steroid dienone is 1. The topological polar surface area (TPSA) is 9.23 Å². The molecule has 34 heavy (non-hydrogen) atoms. The Labute approximate surface area is 204 Å². The number of hydrogen-bond acceptors (Lipinski definition) is 1. The van der Waals surface area contributed by atoms with Gasteiger partial charge >= 0.3 is 6.11 Å². The molecule has 3 heteroatoms. The zero-order valence-electron chi connectivity index (χ0n) is 20.7. The lowest BCUT2D eigenvalue weighted by atomic mass is 9.78. The Morgan fingerprint density at radius 3 is 1.79 bits per heavy atom. The Hall–Kier alpha value is -2.00. The van der Waals surface area contributed by atoms with E-state index >= 15 is 0 Å². The van der Waals surface area contributed by atoms with Gasteiger partial charge in [0.2, 0.25) is 0 Å². The Morgan fingerprint density at radius 2 is 1.29 bits per heavy atom. The van der Waals surface area contributed by atoms with Gasteiger partial charge in [-0.25, -0.2) is 0 Å². The smallest absolute Gasteiger partial charge is 0.315 e. The molecule has 2 aromatic carbocycles. The second-order valence-corrected chi connectivity index (χ2v) is 10.6. The van der Waals surface area contributed by atoms with Gasteiger partial charge in [0.25, 0.3) is 0 Å². The molecule has 0 spiro atoms. The summed E-state index contributed by atoms with van der Waals surface area (Å²) in [6.07, 6.45) is 9.48. The monoisotopic (exact) mass is 466 g/mol. The molecule has 0 saturated heterocycles. The molecule has 0 bridgehead atoms. The first kappa shape index (κ1) is 25.1. The van der Waals surface area contributed by atoms with Crippen molar-refractivity contribution in [3.63, 3.8) is 0 Å². The summed E-state index contributed by atoms with van der Waals surface area (Å²) in [7, 11) is 0. The molecular formula is C31H40F2O. The van der Waals surface area contributed by atoms with Crippen LogP contribution in [-0.2, 0) is 17.8 Å². The van der Waals surface area contributed by atoms with Gasteiger partial charge in [-0.2, -0.15) is 8.78 Å². The minimum Gasteiger partial charge on any atom is -0.315 e. The second-order valence-electron chi connectivity index (χ2n) is 10.6. The zero-order valence-corrected chi connectivity index (χ0v) is 20.7. The number of hydrogen-bond donors (Lipinski definition) is 0. The molecule has 184 valence electrons. The van der Waals surface area contributed by atoms with Crippen molar-refractivity contribution >= 4 is 0 Å². The molecule has 0 aliphatic heterocycles. The molecule has 4 rings (SSSR count). The van der Waals surface area contributed by atoms with Crippen molar-refractivity contribution in [2.24, 2.45) is 11.8 Å². The van der Waals surface area contributed by atoms with Crippen LogP contribution in [0.2, 0.25) is 0 Å².